The molecule has 200 valence electrons. The highest BCUT2D eigenvalue weighted by Crippen LogP contribution is 2.36. The molecule has 0 saturated heterocycles. The minimum atomic E-state index is -3.74. The third kappa shape index (κ3) is 6.35. The molecule has 1 aliphatic rings. The lowest BCUT2D eigenvalue weighted by Gasteiger charge is -2.25. The molecule has 39 heavy (non-hydrogen) atoms. The van der Waals surface area contributed by atoms with Gasteiger partial charge in [0.25, 0.3) is 0 Å². The van der Waals surface area contributed by atoms with Gasteiger partial charge < -0.3 is 9.64 Å². The topological polar surface area (TPSA) is 88.6 Å². The Bertz CT molecular complexity index is 1530. The minimum absolute atomic E-state index is 0.00369. The molecule has 1 aliphatic carbocycles. The van der Waals surface area contributed by atoms with E-state index in [1.165, 1.54) is 12.1 Å². The highest BCUT2D eigenvalue weighted by Gasteiger charge is 2.29. The number of hydrogen-bond donors (Lipinski definition) is 1. The van der Waals surface area contributed by atoms with E-state index in [1.807, 2.05) is 60.7 Å². The van der Waals surface area contributed by atoms with Gasteiger partial charge in [-0.3, -0.25) is 9.78 Å². The van der Waals surface area contributed by atoms with E-state index in [4.69, 9.17) is 4.74 Å². The number of benzene rings is 3. The first kappa shape index (κ1) is 26.6. The Hall–Kier alpha value is -4.01. The zero-order chi connectivity index (χ0) is 27.2. The van der Waals surface area contributed by atoms with Gasteiger partial charge in [0.2, 0.25) is 15.9 Å². The second-order valence-electron chi connectivity index (χ2n) is 9.60. The Balaban J connectivity index is 1.40. The van der Waals surface area contributed by atoms with Crippen molar-refractivity contribution in [2.45, 2.75) is 43.2 Å². The Kier molecular flexibility index (Phi) is 8.05. The van der Waals surface area contributed by atoms with Crippen LogP contribution < -0.4 is 14.4 Å². The fourth-order valence-corrected chi connectivity index (χ4v) is 6.17. The molecule has 1 heterocycles. The van der Waals surface area contributed by atoms with Gasteiger partial charge in [-0.2, -0.15) is 0 Å². The van der Waals surface area contributed by atoms with Crippen LogP contribution in [0.3, 0.4) is 0 Å². The normalized spacial score (nSPS) is 14.5. The van der Waals surface area contributed by atoms with Crippen molar-refractivity contribution < 1.29 is 17.9 Å². The number of aromatic nitrogens is 1. The Labute approximate surface area is 229 Å². The number of carbonyl (C=O) groups excluding carboxylic acids is 1. The number of sulfonamides is 1. The van der Waals surface area contributed by atoms with Crippen molar-refractivity contribution in [3.63, 3.8) is 0 Å². The Morgan fingerprint density at radius 2 is 1.77 bits per heavy atom. The van der Waals surface area contributed by atoms with Gasteiger partial charge in [-0.05, 0) is 84.0 Å². The summed E-state index contributed by atoms with van der Waals surface area (Å²) in [5, 5.41) is 0. The molecule has 1 atom stereocenters. The van der Waals surface area contributed by atoms with Crippen molar-refractivity contribution in [1.29, 1.82) is 0 Å². The summed E-state index contributed by atoms with van der Waals surface area (Å²) in [6, 6.07) is 25.6. The Morgan fingerprint density at radius 3 is 2.49 bits per heavy atom. The summed E-state index contributed by atoms with van der Waals surface area (Å²) in [6.45, 7) is 0.377. The predicted molar refractivity (Wildman–Crippen MR) is 151 cm³/mol. The molecule has 0 spiro atoms. The molecule has 0 radical (unpaired) electrons. The van der Waals surface area contributed by atoms with Crippen LogP contribution in [-0.2, 0) is 34.2 Å². The Morgan fingerprint density at radius 1 is 1.00 bits per heavy atom. The number of amides is 1. The van der Waals surface area contributed by atoms with Gasteiger partial charge in [-0.15, -0.1) is 0 Å². The summed E-state index contributed by atoms with van der Waals surface area (Å²) >= 11 is 0. The number of pyridine rings is 1. The molecular weight excluding hydrogens is 510 g/mol. The van der Waals surface area contributed by atoms with Crippen LogP contribution in [0.4, 0.5) is 5.69 Å². The summed E-state index contributed by atoms with van der Waals surface area (Å²) in [5.74, 6) is 0.589. The van der Waals surface area contributed by atoms with Crippen molar-refractivity contribution in [1.82, 2.24) is 9.71 Å². The van der Waals surface area contributed by atoms with Gasteiger partial charge >= 0.3 is 0 Å². The van der Waals surface area contributed by atoms with Gasteiger partial charge in [0.1, 0.15) is 5.75 Å². The molecule has 0 bridgehead atoms. The molecule has 0 fully saturated rings. The van der Waals surface area contributed by atoms with E-state index in [1.54, 1.807) is 36.5 Å². The molecule has 8 heteroatoms. The summed E-state index contributed by atoms with van der Waals surface area (Å²) in [5.41, 5.74) is 4.75. The summed E-state index contributed by atoms with van der Waals surface area (Å²) in [6.07, 6.45) is 5.87. The minimum Gasteiger partial charge on any atom is -0.497 e. The lowest BCUT2D eigenvalue weighted by atomic mass is 10.1. The van der Waals surface area contributed by atoms with Crippen LogP contribution in [0.25, 0.3) is 0 Å². The lowest BCUT2D eigenvalue weighted by molar-refractivity contribution is -0.118. The maximum atomic E-state index is 13.6. The second kappa shape index (κ2) is 11.8. The van der Waals surface area contributed by atoms with E-state index in [0.29, 0.717) is 31.6 Å². The lowest BCUT2D eigenvalue weighted by Crippen LogP contribution is -2.31. The van der Waals surface area contributed by atoms with E-state index >= 15 is 0 Å². The van der Waals surface area contributed by atoms with Gasteiger partial charge in [0.05, 0.1) is 18.6 Å². The smallest absolute Gasteiger partial charge is 0.241 e. The third-order valence-electron chi connectivity index (χ3n) is 7.02. The first-order chi connectivity index (χ1) is 18.9. The van der Waals surface area contributed by atoms with E-state index in [0.717, 1.165) is 34.4 Å². The van der Waals surface area contributed by atoms with E-state index < -0.39 is 10.0 Å². The molecule has 0 saturated carbocycles. The first-order valence-electron chi connectivity index (χ1n) is 13.0. The highest BCUT2D eigenvalue weighted by atomic mass is 32.2. The number of nitrogens with one attached hydrogen (secondary N) is 1. The van der Waals surface area contributed by atoms with Gasteiger partial charge in [-0.25, -0.2) is 13.1 Å². The standard InChI is InChI=1S/C31H31N3O4S/c1-38-27-13-15-28(16-14-27)39(36,37)33-30-17-11-25-10-12-26(20-29(25)30)34(22-24-8-5-19-32-21-24)31(35)18-9-23-6-3-2-4-7-23/h2-8,10,12-16,19-21,30,33H,9,11,17-18,22H2,1H3. The van der Waals surface area contributed by atoms with Crippen molar-refractivity contribution >= 4 is 21.6 Å². The molecule has 1 unspecified atom stereocenters. The van der Waals surface area contributed by atoms with E-state index in [2.05, 4.69) is 9.71 Å². The number of nitrogens with zero attached hydrogens (tertiary/aromatic N) is 2. The molecule has 7 nitrogen and oxygen atoms in total. The number of ether oxygens (including phenoxy) is 1. The number of fused-ring (bicyclic) bond motifs is 1. The zero-order valence-corrected chi connectivity index (χ0v) is 22.6. The fraction of sp³-hybridized carbons (Fsp3) is 0.226. The third-order valence-corrected chi connectivity index (χ3v) is 8.51. The van der Waals surface area contributed by atoms with Crippen molar-refractivity contribution in [3.8, 4) is 5.75 Å². The summed E-state index contributed by atoms with van der Waals surface area (Å²) in [4.78, 5) is 19.7. The van der Waals surface area contributed by atoms with Gasteiger partial charge in [-0.1, -0.05) is 42.5 Å². The van der Waals surface area contributed by atoms with Crippen LogP contribution >= 0.6 is 0 Å². The van der Waals surface area contributed by atoms with Gasteiger partial charge in [0.15, 0.2) is 0 Å². The number of carbonyl (C=O) groups is 1. The van der Waals surface area contributed by atoms with Crippen LogP contribution in [0.15, 0.2) is 102 Å². The molecule has 1 N–H and O–H groups in total. The van der Waals surface area contributed by atoms with Gasteiger partial charge in [0, 0.05) is 30.5 Å². The quantitative estimate of drug-likeness (QED) is 0.297. The van der Waals surface area contributed by atoms with Crippen LogP contribution in [0.1, 0.15) is 41.1 Å². The molecule has 5 rings (SSSR count). The number of aryl methyl sites for hydroxylation is 2. The van der Waals surface area contributed by atoms with Crippen LogP contribution in [0, 0.1) is 0 Å². The first-order valence-corrected chi connectivity index (χ1v) is 14.4. The molecule has 3 aromatic carbocycles. The summed E-state index contributed by atoms with van der Waals surface area (Å²) in [7, 11) is -2.20. The van der Waals surface area contributed by atoms with E-state index in [9.17, 15) is 13.2 Å². The molecule has 1 amide bonds. The van der Waals surface area contributed by atoms with Crippen LogP contribution in [0.2, 0.25) is 0 Å². The molecular formula is C31H31N3O4S. The van der Waals surface area contributed by atoms with E-state index in [-0.39, 0.29) is 16.8 Å². The van der Waals surface area contributed by atoms with Crippen molar-refractivity contribution in [2.24, 2.45) is 0 Å². The highest BCUT2D eigenvalue weighted by molar-refractivity contribution is 7.89. The maximum absolute atomic E-state index is 13.6. The molecule has 1 aromatic heterocycles. The van der Waals surface area contributed by atoms with Crippen LogP contribution in [-0.4, -0.2) is 26.4 Å². The van der Waals surface area contributed by atoms with Crippen LogP contribution in [0.5, 0.6) is 5.75 Å². The number of hydrogen-bond acceptors (Lipinski definition) is 5. The molecule has 0 aliphatic heterocycles. The SMILES string of the molecule is COc1ccc(S(=O)(=O)NC2CCc3ccc(N(Cc4cccnc4)C(=O)CCc4ccccc4)cc32)cc1. The monoisotopic (exact) mass is 541 g/mol. The maximum Gasteiger partial charge on any atom is 0.241 e. The largest absolute Gasteiger partial charge is 0.497 e. The number of rotatable bonds is 10. The zero-order valence-electron chi connectivity index (χ0n) is 21.8. The van der Waals surface area contributed by atoms with Crippen molar-refractivity contribution in [3.05, 3.63) is 120 Å². The molecule has 4 aromatic rings. The average molecular weight is 542 g/mol. The second-order valence-corrected chi connectivity index (χ2v) is 11.3. The average Bonchev–Trinajstić information content (AvgIpc) is 3.37. The predicted octanol–water partition coefficient (Wildman–Crippen LogP) is 5.22. The van der Waals surface area contributed by atoms with Crippen molar-refractivity contribution in [2.75, 3.05) is 12.0 Å². The number of methoxy groups -OCH3 is 1. The number of anilines is 1. The summed E-state index contributed by atoms with van der Waals surface area (Å²) < 4.78 is 34.3. The fourth-order valence-electron chi connectivity index (χ4n) is 4.92.